The van der Waals surface area contributed by atoms with E-state index in [0.29, 0.717) is 10.8 Å². The van der Waals surface area contributed by atoms with Crippen molar-refractivity contribution in [1.82, 2.24) is 0 Å². The van der Waals surface area contributed by atoms with Crippen molar-refractivity contribution >= 4 is 0 Å². The fraction of sp³-hybridized carbons (Fsp3) is 0.867. The second-order valence-electron chi connectivity index (χ2n) is 7.57. The Bertz CT molecular complexity index is 421. The molecule has 88 valence electrons. The first-order valence-corrected chi connectivity index (χ1v) is 6.75. The van der Waals surface area contributed by atoms with Crippen LogP contribution in [0.3, 0.4) is 0 Å². The third-order valence-electron chi connectivity index (χ3n) is 6.18. The van der Waals surface area contributed by atoms with Crippen LogP contribution in [0.1, 0.15) is 53.4 Å². The predicted molar refractivity (Wildman–Crippen MR) is 64.2 cm³/mol. The number of allylic oxidation sites excluding steroid dienone is 2. The van der Waals surface area contributed by atoms with Gasteiger partial charge < -0.3 is 4.74 Å². The molecule has 1 spiro atoms. The number of hydrogen-bond donors (Lipinski definition) is 0. The Morgan fingerprint density at radius 3 is 2.56 bits per heavy atom. The molecule has 0 N–H and O–H groups in total. The van der Waals surface area contributed by atoms with Gasteiger partial charge in [0.2, 0.25) is 0 Å². The van der Waals surface area contributed by atoms with Gasteiger partial charge in [-0.1, -0.05) is 25.5 Å². The van der Waals surface area contributed by atoms with Crippen LogP contribution in [0.25, 0.3) is 0 Å². The predicted octanol–water partition coefficient (Wildman–Crippen LogP) is 3.69. The molecule has 0 amide bonds. The van der Waals surface area contributed by atoms with E-state index in [4.69, 9.17) is 4.74 Å². The minimum absolute atomic E-state index is 0.145. The molecular formula is C15H22O. The molecule has 3 aliphatic carbocycles. The van der Waals surface area contributed by atoms with E-state index in [1.807, 2.05) is 0 Å². The summed E-state index contributed by atoms with van der Waals surface area (Å²) in [5, 5.41) is 0. The summed E-state index contributed by atoms with van der Waals surface area (Å²) in [6, 6.07) is 0. The van der Waals surface area contributed by atoms with Crippen LogP contribution in [-0.4, -0.2) is 11.2 Å². The quantitative estimate of drug-likeness (QED) is 0.446. The molecule has 16 heavy (non-hydrogen) atoms. The second-order valence-corrected chi connectivity index (χ2v) is 7.57. The number of ether oxygens (including phenoxy) is 1. The van der Waals surface area contributed by atoms with Crippen molar-refractivity contribution in [2.45, 2.75) is 64.6 Å². The summed E-state index contributed by atoms with van der Waals surface area (Å²) in [4.78, 5) is 0. The first-order chi connectivity index (χ1) is 7.34. The van der Waals surface area contributed by atoms with Gasteiger partial charge in [-0.25, -0.2) is 0 Å². The monoisotopic (exact) mass is 218 g/mol. The number of fused-ring (bicyclic) bond motifs is 4. The molecule has 0 aromatic heterocycles. The SMILES string of the molecule is CC12CCC=C1C1(C)CC1C1(C2)OC1(C)C. The first kappa shape index (κ1) is 9.70. The maximum Gasteiger partial charge on any atom is 0.102 e. The highest BCUT2D eigenvalue weighted by atomic mass is 16.6. The van der Waals surface area contributed by atoms with Crippen molar-refractivity contribution in [2.24, 2.45) is 16.7 Å². The molecule has 0 radical (unpaired) electrons. The molecule has 1 heteroatoms. The lowest BCUT2D eigenvalue weighted by molar-refractivity contribution is 0.137. The summed E-state index contributed by atoms with van der Waals surface area (Å²) >= 11 is 0. The zero-order valence-electron chi connectivity index (χ0n) is 10.9. The highest BCUT2D eigenvalue weighted by Crippen LogP contribution is 2.80. The van der Waals surface area contributed by atoms with Crippen molar-refractivity contribution in [3.05, 3.63) is 11.6 Å². The Kier molecular flexibility index (Phi) is 1.31. The summed E-state index contributed by atoms with van der Waals surface area (Å²) in [6.45, 7) is 9.54. The van der Waals surface area contributed by atoms with Gasteiger partial charge in [0.05, 0.1) is 5.60 Å². The van der Waals surface area contributed by atoms with Gasteiger partial charge in [0, 0.05) is 5.92 Å². The van der Waals surface area contributed by atoms with E-state index in [-0.39, 0.29) is 11.2 Å². The van der Waals surface area contributed by atoms with Crippen molar-refractivity contribution in [2.75, 3.05) is 0 Å². The molecule has 3 fully saturated rings. The molecule has 1 nitrogen and oxygen atoms in total. The average Bonchev–Trinajstić information content (AvgIpc) is 2.89. The van der Waals surface area contributed by atoms with Crippen LogP contribution in [0.2, 0.25) is 0 Å². The van der Waals surface area contributed by atoms with Gasteiger partial charge in [0.1, 0.15) is 5.60 Å². The van der Waals surface area contributed by atoms with E-state index in [0.717, 1.165) is 5.92 Å². The maximum absolute atomic E-state index is 6.20. The first-order valence-electron chi connectivity index (χ1n) is 6.75. The zero-order valence-corrected chi connectivity index (χ0v) is 10.9. The van der Waals surface area contributed by atoms with Gasteiger partial charge in [-0.05, 0) is 50.4 Å². The molecule has 4 unspecified atom stereocenters. The van der Waals surface area contributed by atoms with Gasteiger partial charge in [-0.3, -0.25) is 0 Å². The lowest BCUT2D eigenvalue weighted by Crippen LogP contribution is -2.40. The van der Waals surface area contributed by atoms with Crippen LogP contribution in [-0.2, 0) is 4.74 Å². The Hall–Kier alpha value is -0.300. The third kappa shape index (κ3) is 0.796. The van der Waals surface area contributed by atoms with E-state index < -0.39 is 0 Å². The molecule has 0 aromatic rings. The molecule has 4 atom stereocenters. The molecular weight excluding hydrogens is 196 g/mol. The Labute approximate surface area is 98.2 Å². The van der Waals surface area contributed by atoms with E-state index in [1.165, 1.54) is 25.7 Å². The summed E-state index contributed by atoms with van der Waals surface area (Å²) in [6.07, 6.45) is 7.84. The van der Waals surface area contributed by atoms with Gasteiger partial charge in [0.25, 0.3) is 0 Å². The van der Waals surface area contributed by atoms with E-state index in [1.54, 1.807) is 5.57 Å². The van der Waals surface area contributed by atoms with Crippen LogP contribution in [0.4, 0.5) is 0 Å². The molecule has 0 aromatic carbocycles. The number of hydrogen-bond acceptors (Lipinski definition) is 1. The van der Waals surface area contributed by atoms with Crippen LogP contribution in [0.5, 0.6) is 0 Å². The molecule has 1 heterocycles. The summed E-state index contributed by atoms with van der Waals surface area (Å²) in [7, 11) is 0. The Morgan fingerprint density at radius 1 is 1.25 bits per heavy atom. The number of rotatable bonds is 0. The molecule has 0 bridgehead atoms. The van der Waals surface area contributed by atoms with Gasteiger partial charge in [-0.2, -0.15) is 0 Å². The smallest absolute Gasteiger partial charge is 0.102 e. The summed E-state index contributed by atoms with van der Waals surface area (Å²) < 4.78 is 6.20. The highest BCUT2D eigenvalue weighted by Gasteiger charge is 2.81. The molecule has 1 saturated heterocycles. The molecule has 4 aliphatic rings. The van der Waals surface area contributed by atoms with E-state index >= 15 is 0 Å². The molecule has 4 rings (SSSR count). The molecule has 2 saturated carbocycles. The van der Waals surface area contributed by atoms with E-state index in [2.05, 4.69) is 33.8 Å². The normalized spacial score (nSPS) is 60.2. The lowest BCUT2D eigenvalue weighted by atomic mass is 9.62. The van der Waals surface area contributed by atoms with Crippen molar-refractivity contribution in [1.29, 1.82) is 0 Å². The van der Waals surface area contributed by atoms with Crippen LogP contribution < -0.4 is 0 Å². The third-order valence-corrected chi connectivity index (χ3v) is 6.18. The van der Waals surface area contributed by atoms with Gasteiger partial charge in [-0.15, -0.1) is 0 Å². The topological polar surface area (TPSA) is 12.5 Å². The second kappa shape index (κ2) is 2.16. The lowest BCUT2D eigenvalue weighted by Gasteiger charge is -2.41. The minimum atomic E-state index is 0.145. The van der Waals surface area contributed by atoms with Gasteiger partial charge in [0.15, 0.2) is 0 Å². The van der Waals surface area contributed by atoms with Gasteiger partial charge >= 0.3 is 0 Å². The van der Waals surface area contributed by atoms with Crippen molar-refractivity contribution in [3.63, 3.8) is 0 Å². The largest absolute Gasteiger partial charge is 0.363 e. The Morgan fingerprint density at radius 2 is 1.94 bits per heavy atom. The van der Waals surface area contributed by atoms with Crippen molar-refractivity contribution in [3.8, 4) is 0 Å². The van der Waals surface area contributed by atoms with Crippen LogP contribution in [0, 0.1) is 16.7 Å². The van der Waals surface area contributed by atoms with E-state index in [9.17, 15) is 0 Å². The summed E-state index contributed by atoms with van der Waals surface area (Å²) in [5.74, 6) is 0.812. The minimum Gasteiger partial charge on any atom is -0.363 e. The number of epoxide rings is 1. The van der Waals surface area contributed by atoms with Crippen molar-refractivity contribution < 1.29 is 4.74 Å². The zero-order chi connectivity index (χ0) is 11.4. The highest BCUT2D eigenvalue weighted by molar-refractivity contribution is 5.43. The summed E-state index contributed by atoms with van der Waals surface area (Å²) in [5.41, 5.74) is 3.11. The van der Waals surface area contributed by atoms with Crippen LogP contribution >= 0.6 is 0 Å². The fourth-order valence-electron chi connectivity index (χ4n) is 5.24. The maximum atomic E-state index is 6.20. The molecule has 1 aliphatic heterocycles. The van der Waals surface area contributed by atoms with Crippen LogP contribution in [0.15, 0.2) is 11.6 Å². The standard InChI is InChI=1S/C15H22O/c1-12(2)15(16-12)9-13(3)7-5-6-10(13)14(4)8-11(14)15/h6,11H,5,7-9H2,1-4H3. The fourth-order valence-corrected chi connectivity index (χ4v) is 5.24. The average molecular weight is 218 g/mol. The Balaban J connectivity index is 1.82.